The molecule has 1 aromatic carbocycles. The minimum atomic E-state index is -0.948. The fraction of sp³-hybridized carbons (Fsp3) is 0.154. The van der Waals surface area contributed by atoms with E-state index in [-0.39, 0.29) is 17.0 Å². The van der Waals surface area contributed by atoms with E-state index < -0.39 is 5.97 Å². The monoisotopic (exact) mass is 368 g/mol. The normalized spacial score (nSPS) is 11.0. The van der Waals surface area contributed by atoms with Gasteiger partial charge < -0.3 is 5.11 Å². The number of rotatable bonds is 5. The summed E-state index contributed by atoms with van der Waals surface area (Å²) >= 11 is 8.00. The first-order valence-corrected chi connectivity index (χ1v) is 8.55. The Morgan fingerprint density at radius 3 is 2.74 bits per heavy atom. The number of carbonyl (C=O) groups is 1. The van der Waals surface area contributed by atoms with E-state index in [1.165, 1.54) is 0 Å². The van der Waals surface area contributed by atoms with Crippen LogP contribution >= 0.6 is 34.7 Å². The van der Waals surface area contributed by atoms with Crippen LogP contribution in [0.4, 0.5) is 0 Å². The molecule has 7 nitrogen and oxygen atoms in total. The van der Waals surface area contributed by atoms with Gasteiger partial charge in [0.05, 0.1) is 5.75 Å². The van der Waals surface area contributed by atoms with Crippen molar-refractivity contribution in [3.05, 3.63) is 50.9 Å². The van der Waals surface area contributed by atoms with Gasteiger partial charge in [-0.25, -0.2) is 0 Å². The zero-order chi connectivity index (χ0) is 16.4. The molecule has 0 saturated heterocycles. The lowest BCUT2D eigenvalue weighted by Crippen LogP contribution is -2.22. The molecule has 0 fully saturated rings. The van der Waals surface area contributed by atoms with Crippen molar-refractivity contribution in [2.24, 2.45) is 0 Å². The summed E-state index contributed by atoms with van der Waals surface area (Å²) in [6, 6.07) is 7.11. The number of carboxylic acid groups (broad SMARTS) is 1. The highest BCUT2D eigenvalue weighted by Gasteiger charge is 2.13. The van der Waals surface area contributed by atoms with Gasteiger partial charge in [0.15, 0.2) is 4.34 Å². The zero-order valence-corrected chi connectivity index (χ0v) is 13.9. The number of hydrogen-bond donors (Lipinski definition) is 1. The van der Waals surface area contributed by atoms with E-state index in [1.54, 1.807) is 12.1 Å². The first kappa shape index (κ1) is 15.9. The van der Waals surface area contributed by atoms with Gasteiger partial charge in [0.2, 0.25) is 4.96 Å². The summed E-state index contributed by atoms with van der Waals surface area (Å²) in [5.74, 6) is -1.07. The van der Waals surface area contributed by atoms with E-state index >= 15 is 0 Å². The first-order chi connectivity index (χ1) is 11.0. The number of benzene rings is 1. The molecule has 23 heavy (non-hydrogen) atoms. The van der Waals surface area contributed by atoms with Crippen molar-refractivity contribution in [1.29, 1.82) is 0 Å². The van der Waals surface area contributed by atoms with E-state index in [2.05, 4.69) is 15.3 Å². The predicted octanol–water partition coefficient (Wildman–Crippen LogP) is 1.97. The van der Waals surface area contributed by atoms with Gasteiger partial charge in [-0.15, -0.1) is 15.3 Å². The van der Waals surface area contributed by atoms with Crippen molar-refractivity contribution >= 4 is 45.6 Å². The van der Waals surface area contributed by atoms with Crippen LogP contribution in [-0.4, -0.2) is 36.6 Å². The van der Waals surface area contributed by atoms with Gasteiger partial charge in [0.25, 0.3) is 5.56 Å². The molecule has 118 valence electrons. The molecule has 10 heteroatoms. The number of thioether (sulfide) groups is 1. The standard InChI is InChI=1S/C13H9ClN4O3S2/c14-8-3-1-7(2-4-8)5-9-11(21)18-12(16-15-9)23-13(17-18)22-6-10(19)20/h1-4H,5-6H2,(H,19,20). The Balaban J connectivity index is 1.90. The molecule has 3 rings (SSSR count). The SMILES string of the molecule is O=C(O)CSc1nn2c(=O)c(Cc3ccc(Cl)cc3)nnc2s1. The fourth-order valence-corrected chi connectivity index (χ4v) is 3.54. The molecule has 2 aromatic heterocycles. The van der Waals surface area contributed by atoms with Crippen molar-refractivity contribution in [3.8, 4) is 0 Å². The number of carboxylic acids is 1. The van der Waals surface area contributed by atoms with Gasteiger partial charge in [0.1, 0.15) is 5.69 Å². The average Bonchev–Trinajstić information content (AvgIpc) is 2.94. The molecule has 3 aromatic rings. The lowest BCUT2D eigenvalue weighted by molar-refractivity contribution is -0.133. The van der Waals surface area contributed by atoms with Gasteiger partial charge in [0, 0.05) is 11.4 Å². The molecule has 0 bridgehead atoms. The second kappa shape index (κ2) is 6.65. The summed E-state index contributed by atoms with van der Waals surface area (Å²) in [6.45, 7) is 0. The van der Waals surface area contributed by atoms with Gasteiger partial charge in [-0.3, -0.25) is 9.59 Å². The molecule has 0 radical (unpaired) electrons. The van der Waals surface area contributed by atoms with Crippen LogP contribution in [-0.2, 0) is 11.2 Å². The van der Waals surface area contributed by atoms with Crippen molar-refractivity contribution in [2.75, 3.05) is 5.75 Å². The lowest BCUT2D eigenvalue weighted by atomic mass is 10.1. The van der Waals surface area contributed by atoms with Gasteiger partial charge in [-0.1, -0.05) is 46.8 Å². The van der Waals surface area contributed by atoms with Crippen molar-refractivity contribution in [1.82, 2.24) is 19.8 Å². The van der Waals surface area contributed by atoms with Crippen LogP contribution in [0.1, 0.15) is 11.3 Å². The second-order valence-corrected chi connectivity index (χ2v) is 7.11. The Kier molecular flexibility index (Phi) is 4.60. The van der Waals surface area contributed by atoms with E-state index in [4.69, 9.17) is 16.7 Å². The molecule has 0 amide bonds. The number of aliphatic carboxylic acids is 1. The molecule has 1 N–H and O–H groups in total. The third kappa shape index (κ3) is 3.69. The van der Waals surface area contributed by atoms with Crippen molar-refractivity contribution < 1.29 is 9.90 Å². The van der Waals surface area contributed by atoms with Crippen LogP contribution in [0.15, 0.2) is 33.4 Å². The molecule has 0 aliphatic rings. The average molecular weight is 369 g/mol. The third-order valence-electron chi connectivity index (χ3n) is 2.84. The molecular formula is C13H9ClN4O3S2. The van der Waals surface area contributed by atoms with Crippen LogP contribution in [0, 0.1) is 0 Å². The number of hydrogen-bond acceptors (Lipinski definition) is 7. The Morgan fingerprint density at radius 2 is 2.04 bits per heavy atom. The van der Waals surface area contributed by atoms with Gasteiger partial charge >= 0.3 is 5.97 Å². The molecule has 0 aliphatic heterocycles. The highest BCUT2D eigenvalue weighted by Crippen LogP contribution is 2.22. The van der Waals surface area contributed by atoms with Crippen LogP contribution < -0.4 is 5.56 Å². The molecule has 0 aliphatic carbocycles. The Morgan fingerprint density at radius 1 is 1.30 bits per heavy atom. The molecule has 0 unspecified atom stereocenters. The van der Waals surface area contributed by atoms with E-state index in [1.807, 2.05) is 12.1 Å². The maximum atomic E-state index is 12.4. The molecule has 0 spiro atoms. The van der Waals surface area contributed by atoms with Gasteiger partial charge in [-0.05, 0) is 17.7 Å². The fourth-order valence-electron chi connectivity index (χ4n) is 1.82. The summed E-state index contributed by atoms with van der Waals surface area (Å²) < 4.78 is 1.62. The Hall–Kier alpha value is -1.97. The minimum absolute atomic E-state index is 0.125. The summed E-state index contributed by atoms with van der Waals surface area (Å²) in [6.07, 6.45) is 0.321. The van der Waals surface area contributed by atoms with Crippen LogP contribution in [0.5, 0.6) is 0 Å². The number of halogens is 1. The summed E-state index contributed by atoms with van der Waals surface area (Å²) in [5, 5.41) is 21.3. The first-order valence-electron chi connectivity index (χ1n) is 6.37. The Labute approximate surface area is 142 Å². The number of nitrogens with zero attached hydrogens (tertiary/aromatic N) is 4. The summed E-state index contributed by atoms with van der Waals surface area (Å²) in [7, 11) is 0. The highest BCUT2D eigenvalue weighted by atomic mass is 35.5. The van der Waals surface area contributed by atoms with Crippen LogP contribution in [0.2, 0.25) is 5.02 Å². The Bertz CT molecular complexity index is 923. The topological polar surface area (TPSA) is 97.4 Å². The zero-order valence-electron chi connectivity index (χ0n) is 11.5. The lowest BCUT2D eigenvalue weighted by Gasteiger charge is -2.00. The number of fused-ring (bicyclic) bond motifs is 1. The van der Waals surface area contributed by atoms with E-state index in [0.717, 1.165) is 33.2 Å². The van der Waals surface area contributed by atoms with Gasteiger partial charge in [-0.2, -0.15) is 4.52 Å². The quantitative estimate of drug-likeness (QED) is 0.687. The molecule has 2 heterocycles. The third-order valence-corrected chi connectivity index (χ3v) is 5.11. The van der Waals surface area contributed by atoms with E-state index in [0.29, 0.717) is 20.7 Å². The largest absolute Gasteiger partial charge is 0.481 e. The van der Waals surface area contributed by atoms with Crippen LogP contribution in [0.3, 0.4) is 0 Å². The molecule has 0 saturated carbocycles. The summed E-state index contributed by atoms with van der Waals surface area (Å²) in [4.78, 5) is 23.3. The maximum Gasteiger partial charge on any atom is 0.313 e. The van der Waals surface area contributed by atoms with Crippen LogP contribution in [0.25, 0.3) is 4.96 Å². The van der Waals surface area contributed by atoms with Crippen molar-refractivity contribution in [3.63, 3.8) is 0 Å². The minimum Gasteiger partial charge on any atom is -0.481 e. The maximum absolute atomic E-state index is 12.4. The van der Waals surface area contributed by atoms with E-state index in [9.17, 15) is 9.59 Å². The smallest absolute Gasteiger partial charge is 0.313 e. The highest BCUT2D eigenvalue weighted by molar-refractivity contribution is 8.01. The number of aromatic nitrogens is 4. The summed E-state index contributed by atoms with van der Waals surface area (Å²) in [5.41, 5.74) is 0.796. The predicted molar refractivity (Wildman–Crippen MR) is 87.5 cm³/mol. The molecule has 0 atom stereocenters. The second-order valence-electron chi connectivity index (χ2n) is 4.50. The molecular weight excluding hydrogens is 360 g/mol. The van der Waals surface area contributed by atoms with Crippen molar-refractivity contribution in [2.45, 2.75) is 10.8 Å².